The Hall–Kier alpha value is -2.23. The Morgan fingerprint density at radius 2 is 1.50 bits per heavy atom. The van der Waals surface area contributed by atoms with Gasteiger partial charge in [-0.15, -0.1) is 0 Å². The lowest BCUT2D eigenvalue weighted by molar-refractivity contribution is 0.917. The molecule has 102 valence electrons. The van der Waals surface area contributed by atoms with Crippen molar-refractivity contribution in [3.05, 3.63) is 77.5 Å². The SMILES string of the molecule is C=C/C(NN)=C(/N)c1ccc(-c2ccc(Cl)cc2)cc1. The van der Waals surface area contributed by atoms with Gasteiger partial charge in [-0.25, -0.2) is 0 Å². The summed E-state index contributed by atoms with van der Waals surface area (Å²) in [5.41, 5.74) is 12.8. The molecule has 0 aliphatic heterocycles. The van der Waals surface area contributed by atoms with Gasteiger partial charge in [0.1, 0.15) is 0 Å². The molecular formula is C16H16ClN3. The van der Waals surface area contributed by atoms with Crippen LogP contribution in [-0.4, -0.2) is 0 Å². The van der Waals surface area contributed by atoms with Crippen LogP contribution in [0.3, 0.4) is 0 Å². The fraction of sp³-hybridized carbons (Fsp3) is 0. The van der Waals surface area contributed by atoms with Gasteiger partial charge in [0, 0.05) is 5.02 Å². The molecule has 0 unspecified atom stereocenters. The van der Waals surface area contributed by atoms with Gasteiger partial charge in [0.25, 0.3) is 0 Å². The number of hydrogen-bond acceptors (Lipinski definition) is 3. The summed E-state index contributed by atoms with van der Waals surface area (Å²) in [6, 6.07) is 15.6. The number of allylic oxidation sites excluding steroid dienone is 1. The van der Waals surface area contributed by atoms with E-state index >= 15 is 0 Å². The van der Waals surface area contributed by atoms with Crippen molar-refractivity contribution in [2.75, 3.05) is 0 Å². The number of benzene rings is 2. The van der Waals surface area contributed by atoms with Crippen LogP contribution in [0, 0.1) is 0 Å². The van der Waals surface area contributed by atoms with Crippen molar-refractivity contribution in [3.8, 4) is 11.1 Å². The van der Waals surface area contributed by atoms with E-state index in [9.17, 15) is 0 Å². The minimum absolute atomic E-state index is 0.560. The van der Waals surface area contributed by atoms with Gasteiger partial charge in [0.05, 0.1) is 11.4 Å². The quantitative estimate of drug-likeness (QED) is 0.459. The maximum atomic E-state index is 6.02. The molecule has 0 radical (unpaired) electrons. The minimum atomic E-state index is 0.560. The van der Waals surface area contributed by atoms with Crippen molar-refractivity contribution in [1.29, 1.82) is 0 Å². The molecule has 0 aliphatic rings. The second-order valence-corrected chi connectivity index (χ2v) is 4.70. The summed E-state index contributed by atoms with van der Waals surface area (Å²) >= 11 is 5.88. The van der Waals surface area contributed by atoms with Crippen molar-refractivity contribution in [3.63, 3.8) is 0 Å². The van der Waals surface area contributed by atoms with Crippen LogP contribution in [0.25, 0.3) is 16.8 Å². The Morgan fingerprint density at radius 3 is 1.95 bits per heavy atom. The summed E-state index contributed by atoms with van der Waals surface area (Å²) in [4.78, 5) is 0. The normalized spacial score (nSPS) is 11.7. The molecule has 5 N–H and O–H groups in total. The van der Waals surface area contributed by atoms with Crippen molar-refractivity contribution in [1.82, 2.24) is 5.43 Å². The molecule has 0 amide bonds. The van der Waals surface area contributed by atoms with Crippen LogP contribution in [0.1, 0.15) is 5.56 Å². The van der Waals surface area contributed by atoms with E-state index in [1.807, 2.05) is 48.5 Å². The molecule has 0 saturated heterocycles. The minimum Gasteiger partial charge on any atom is -0.397 e. The molecule has 2 aromatic rings. The van der Waals surface area contributed by atoms with Crippen LogP contribution in [0.5, 0.6) is 0 Å². The monoisotopic (exact) mass is 285 g/mol. The van der Waals surface area contributed by atoms with Gasteiger partial charge in [-0.05, 0) is 34.9 Å². The van der Waals surface area contributed by atoms with E-state index in [2.05, 4.69) is 12.0 Å². The highest BCUT2D eigenvalue weighted by Gasteiger charge is 2.03. The largest absolute Gasteiger partial charge is 0.397 e. The van der Waals surface area contributed by atoms with E-state index in [4.69, 9.17) is 23.2 Å². The number of halogens is 1. The summed E-state index contributed by atoms with van der Waals surface area (Å²) in [7, 11) is 0. The lowest BCUT2D eigenvalue weighted by atomic mass is 10.0. The van der Waals surface area contributed by atoms with Crippen molar-refractivity contribution >= 4 is 17.3 Å². The average molecular weight is 286 g/mol. The highest BCUT2D eigenvalue weighted by molar-refractivity contribution is 6.30. The lowest BCUT2D eigenvalue weighted by Crippen LogP contribution is -2.23. The van der Waals surface area contributed by atoms with E-state index in [1.165, 1.54) is 0 Å². The number of nitrogens with two attached hydrogens (primary N) is 2. The lowest BCUT2D eigenvalue weighted by Gasteiger charge is -2.09. The predicted molar refractivity (Wildman–Crippen MR) is 85.5 cm³/mol. The van der Waals surface area contributed by atoms with Crippen molar-refractivity contribution in [2.24, 2.45) is 11.6 Å². The molecule has 0 fully saturated rings. The van der Waals surface area contributed by atoms with E-state index < -0.39 is 0 Å². The second-order valence-electron chi connectivity index (χ2n) is 4.26. The molecule has 3 nitrogen and oxygen atoms in total. The highest BCUT2D eigenvalue weighted by Crippen LogP contribution is 2.23. The fourth-order valence-electron chi connectivity index (χ4n) is 1.89. The summed E-state index contributed by atoms with van der Waals surface area (Å²) in [6.07, 6.45) is 1.59. The highest BCUT2D eigenvalue weighted by atomic mass is 35.5. The van der Waals surface area contributed by atoms with Crippen LogP contribution >= 0.6 is 11.6 Å². The zero-order valence-corrected chi connectivity index (χ0v) is 11.7. The van der Waals surface area contributed by atoms with Crippen LogP contribution in [0.15, 0.2) is 66.9 Å². The smallest absolute Gasteiger partial charge is 0.0716 e. The first kappa shape index (κ1) is 14.2. The van der Waals surface area contributed by atoms with Crippen LogP contribution in [-0.2, 0) is 0 Å². The summed E-state index contributed by atoms with van der Waals surface area (Å²) in [6.45, 7) is 3.66. The van der Waals surface area contributed by atoms with E-state index in [1.54, 1.807) is 6.08 Å². The molecule has 0 spiro atoms. The molecular weight excluding hydrogens is 270 g/mol. The van der Waals surface area contributed by atoms with Crippen molar-refractivity contribution in [2.45, 2.75) is 0 Å². The van der Waals surface area contributed by atoms with Gasteiger partial charge < -0.3 is 11.2 Å². The number of hydrogen-bond donors (Lipinski definition) is 3. The van der Waals surface area contributed by atoms with E-state index in [0.717, 1.165) is 21.7 Å². The molecule has 0 aromatic heterocycles. The summed E-state index contributed by atoms with van der Waals surface area (Å²) < 4.78 is 0. The summed E-state index contributed by atoms with van der Waals surface area (Å²) in [5.74, 6) is 5.39. The van der Waals surface area contributed by atoms with Crippen LogP contribution in [0.4, 0.5) is 0 Å². The molecule has 0 aliphatic carbocycles. The van der Waals surface area contributed by atoms with Gasteiger partial charge in [0.15, 0.2) is 0 Å². The van der Waals surface area contributed by atoms with E-state index in [0.29, 0.717) is 11.4 Å². The molecule has 20 heavy (non-hydrogen) atoms. The number of rotatable bonds is 4. The molecule has 4 heteroatoms. The zero-order valence-electron chi connectivity index (χ0n) is 10.9. The molecule has 2 rings (SSSR count). The van der Waals surface area contributed by atoms with Gasteiger partial charge >= 0.3 is 0 Å². The Balaban J connectivity index is 2.33. The maximum absolute atomic E-state index is 6.02. The third-order valence-corrected chi connectivity index (χ3v) is 3.28. The Morgan fingerprint density at radius 1 is 1.00 bits per heavy atom. The molecule has 2 aromatic carbocycles. The van der Waals surface area contributed by atoms with Crippen LogP contribution < -0.4 is 17.0 Å². The van der Waals surface area contributed by atoms with Gasteiger partial charge in [-0.1, -0.05) is 54.6 Å². The van der Waals surface area contributed by atoms with Crippen LogP contribution in [0.2, 0.25) is 5.02 Å². The Bertz CT molecular complexity index is 628. The summed E-state index contributed by atoms with van der Waals surface area (Å²) in [5, 5.41) is 0.724. The van der Waals surface area contributed by atoms with E-state index in [-0.39, 0.29) is 0 Å². The third-order valence-electron chi connectivity index (χ3n) is 3.02. The maximum Gasteiger partial charge on any atom is 0.0716 e. The molecule has 0 atom stereocenters. The first-order valence-electron chi connectivity index (χ1n) is 6.11. The molecule has 0 bridgehead atoms. The second kappa shape index (κ2) is 6.28. The average Bonchev–Trinajstić information content (AvgIpc) is 2.49. The first-order valence-corrected chi connectivity index (χ1v) is 6.48. The Kier molecular flexibility index (Phi) is 4.45. The standard InChI is InChI=1S/C16H16ClN3/c1-2-15(20-19)16(18)13-5-3-11(4-6-13)12-7-9-14(17)10-8-12/h2-10,20H,1,18-19H2/b16-15-. The molecule has 0 saturated carbocycles. The topological polar surface area (TPSA) is 64.1 Å². The van der Waals surface area contributed by atoms with Gasteiger partial charge in [0.2, 0.25) is 0 Å². The first-order chi connectivity index (χ1) is 9.65. The van der Waals surface area contributed by atoms with Gasteiger partial charge in [-0.3, -0.25) is 5.84 Å². The number of hydrazine groups is 1. The third kappa shape index (κ3) is 3.02. The Labute approximate surface area is 123 Å². The predicted octanol–water partition coefficient (Wildman–Crippen LogP) is 3.28. The van der Waals surface area contributed by atoms with Crippen molar-refractivity contribution < 1.29 is 0 Å². The fourth-order valence-corrected chi connectivity index (χ4v) is 2.01. The zero-order chi connectivity index (χ0) is 14.5. The van der Waals surface area contributed by atoms with Gasteiger partial charge in [-0.2, -0.15) is 0 Å². The number of nitrogens with one attached hydrogen (secondary N) is 1. The molecule has 0 heterocycles.